The van der Waals surface area contributed by atoms with E-state index in [1.807, 2.05) is 37.3 Å². The summed E-state index contributed by atoms with van der Waals surface area (Å²) < 4.78 is 0. The number of benzene rings is 2. The van der Waals surface area contributed by atoms with E-state index in [1.165, 1.54) is 0 Å². The zero-order valence-electron chi connectivity index (χ0n) is 12.4. The molecule has 112 valence electrons. The molecule has 3 nitrogen and oxygen atoms in total. The Hall–Kier alpha value is -2.31. The minimum Gasteiger partial charge on any atom is -0.307 e. The van der Waals surface area contributed by atoms with Gasteiger partial charge in [-0.1, -0.05) is 48.9 Å². The molecule has 0 atom stereocenters. The Morgan fingerprint density at radius 2 is 1.95 bits per heavy atom. The highest BCUT2D eigenvalue weighted by molar-refractivity contribution is 6.31. The molecular weight excluding hydrogens is 296 g/mol. The molecule has 2 aromatic carbocycles. The lowest BCUT2D eigenvalue weighted by atomic mass is 10.1. The number of anilines is 1. The van der Waals surface area contributed by atoms with E-state index >= 15 is 0 Å². The summed E-state index contributed by atoms with van der Waals surface area (Å²) in [6.07, 6.45) is 1.19. The molecule has 0 N–H and O–H groups in total. The van der Waals surface area contributed by atoms with E-state index in [0.717, 1.165) is 12.0 Å². The van der Waals surface area contributed by atoms with Gasteiger partial charge in [0.25, 0.3) is 0 Å². The molecule has 0 aliphatic heterocycles. The summed E-state index contributed by atoms with van der Waals surface area (Å²) in [4.78, 5) is 14.1. The summed E-state index contributed by atoms with van der Waals surface area (Å²) in [6, 6.07) is 16.8. The third kappa shape index (κ3) is 3.87. The first-order valence-electron chi connectivity index (χ1n) is 7.19. The Labute approximate surface area is 135 Å². The van der Waals surface area contributed by atoms with E-state index in [1.54, 1.807) is 23.1 Å². The van der Waals surface area contributed by atoms with Crippen molar-refractivity contribution in [3.05, 3.63) is 64.7 Å². The number of halogens is 1. The Kier molecular flexibility index (Phi) is 5.57. The van der Waals surface area contributed by atoms with Crippen LogP contribution in [0, 0.1) is 11.3 Å². The molecule has 0 saturated heterocycles. The van der Waals surface area contributed by atoms with E-state index in [0.29, 0.717) is 29.2 Å². The standard InChI is InChI=1S/C18H17ClN2O/c1-2-6-18(22)21(13-14-7-4-3-5-8-14)17-11-16(19)10-9-15(17)12-20/h3-5,7-11H,2,6,13H2,1H3. The van der Waals surface area contributed by atoms with Gasteiger partial charge < -0.3 is 4.90 Å². The highest BCUT2D eigenvalue weighted by Gasteiger charge is 2.19. The molecule has 0 aliphatic carbocycles. The lowest BCUT2D eigenvalue weighted by molar-refractivity contribution is -0.118. The van der Waals surface area contributed by atoms with Crippen LogP contribution in [-0.4, -0.2) is 5.91 Å². The van der Waals surface area contributed by atoms with E-state index in [4.69, 9.17) is 11.6 Å². The monoisotopic (exact) mass is 312 g/mol. The second-order valence-corrected chi connectivity index (χ2v) is 5.43. The number of carbonyl (C=O) groups excluding carboxylic acids is 1. The van der Waals surface area contributed by atoms with Gasteiger partial charge in [0, 0.05) is 11.4 Å². The molecule has 0 heterocycles. The van der Waals surface area contributed by atoms with Gasteiger partial charge in [-0.05, 0) is 30.2 Å². The number of nitrogens with zero attached hydrogens (tertiary/aromatic N) is 2. The predicted octanol–water partition coefficient (Wildman–Crippen LogP) is 4.54. The SMILES string of the molecule is CCCC(=O)N(Cc1ccccc1)c1cc(Cl)ccc1C#N. The van der Waals surface area contributed by atoms with Crippen LogP contribution in [0.1, 0.15) is 30.9 Å². The molecule has 4 heteroatoms. The maximum Gasteiger partial charge on any atom is 0.227 e. The van der Waals surface area contributed by atoms with Crippen LogP contribution in [0.5, 0.6) is 0 Å². The summed E-state index contributed by atoms with van der Waals surface area (Å²) >= 11 is 6.06. The third-order valence-electron chi connectivity index (χ3n) is 3.32. The van der Waals surface area contributed by atoms with Crippen molar-refractivity contribution in [2.24, 2.45) is 0 Å². The molecule has 0 radical (unpaired) electrons. The Balaban J connectivity index is 2.43. The summed E-state index contributed by atoms with van der Waals surface area (Å²) in [6.45, 7) is 2.39. The first-order chi connectivity index (χ1) is 10.7. The molecule has 0 unspecified atom stereocenters. The fraction of sp³-hybridized carbons (Fsp3) is 0.222. The van der Waals surface area contributed by atoms with Gasteiger partial charge in [-0.3, -0.25) is 4.79 Å². The lowest BCUT2D eigenvalue weighted by Gasteiger charge is -2.24. The zero-order valence-corrected chi connectivity index (χ0v) is 13.2. The molecule has 0 spiro atoms. The van der Waals surface area contributed by atoms with Gasteiger partial charge in [0.15, 0.2) is 0 Å². The molecule has 1 amide bonds. The summed E-state index contributed by atoms with van der Waals surface area (Å²) in [7, 11) is 0. The van der Waals surface area contributed by atoms with Crippen LogP contribution < -0.4 is 4.90 Å². The number of carbonyl (C=O) groups is 1. The second kappa shape index (κ2) is 7.63. The van der Waals surface area contributed by atoms with Crippen LogP contribution in [0.4, 0.5) is 5.69 Å². The van der Waals surface area contributed by atoms with Crippen LogP contribution in [0.25, 0.3) is 0 Å². The summed E-state index contributed by atoms with van der Waals surface area (Å²) in [5, 5.41) is 9.82. The van der Waals surface area contributed by atoms with Gasteiger partial charge in [0.2, 0.25) is 5.91 Å². The number of nitriles is 1. The van der Waals surface area contributed by atoms with Crippen LogP contribution in [0.15, 0.2) is 48.5 Å². The van der Waals surface area contributed by atoms with Crippen molar-refractivity contribution in [1.82, 2.24) is 0 Å². The van der Waals surface area contributed by atoms with Crippen molar-refractivity contribution >= 4 is 23.2 Å². The highest BCUT2D eigenvalue weighted by Crippen LogP contribution is 2.27. The molecule has 0 bridgehead atoms. The van der Waals surface area contributed by atoms with Gasteiger partial charge >= 0.3 is 0 Å². The number of amides is 1. The molecule has 0 fully saturated rings. The van der Waals surface area contributed by atoms with E-state index < -0.39 is 0 Å². The molecular formula is C18H17ClN2O. The normalized spacial score (nSPS) is 10.0. The van der Waals surface area contributed by atoms with Crippen molar-refractivity contribution < 1.29 is 4.79 Å². The van der Waals surface area contributed by atoms with E-state index in [9.17, 15) is 10.1 Å². The van der Waals surface area contributed by atoms with Crippen molar-refractivity contribution in [2.75, 3.05) is 4.90 Å². The summed E-state index contributed by atoms with van der Waals surface area (Å²) in [5.41, 5.74) is 2.03. The Bertz CT molecular complexity index is 692. The first-order valence-corrected chi connectivity index (χ1v) is 7.57. The topological polar surface area (TPSA) is 44.1 Å². The zero-order chi connectivity index (χ0) is 15.9. The van der Waals surface area contributed by atoms with Crippen molar-refractivity contribution in [3.8, 4) is 6.07 Å². The fourth-order valence-corrected chi connectivity index (χ4v) is 2.41. The summed E-state index contributed by atoms with van der Waals surface area (Å²) in [5.74, 6) is -0.00915. The van der Waals surface area contributed by atoms with Gasteiger partial charge in [-0.25, -0.2) is 0 Å². The first kappa shape index (κ1) is 16.1. The Morgan fingerprint density at radius 1 is 1.23 bits per heavy atom. The second-order valence-electron chi connectivity index (χ2n) is 4.99. The molecule has 22 heavy (non-hydrogen) atoms. The van der Waals surface area contributed by atoms with Gasteiger partial charge in [0.05, 0.1) is 17.8 Å². The van der Waals surface area contributed by atoms with Crippen molar-refractivity contribution in [3.63, 3.8) is 0 Å². The maximum atomic E-state index is 12.5. The van der Waals surface area contributed by atoms with Crippen molar-refractivity contribution in [1.29, 1.82) is 5.26 Å². The minimum absolute atomic E-state index is 0.00915. The maximum absolute atomic E-state index is 12.5. The largest absolute Gasteiger partial charge is 0.307 e. The third-order valence-corrected chi connectivity index (χ3v) is 3.55. The molecule has 2 aromatic rings. The van der Waals surface area contributed by atoms with E-state index in [2.05, 4.69) is 6.07 Å². The molecule has 0 aliphatic rings. The van der Waals surface area contributed by atoms with Crippen LogP contribution in [0.3, 0.4) is 0 Å². The Morgan fingerprint density at radius 3 is 2.59 bits per heavy atom. The number of rotatable bonds is 5. The van der Waals surface area contributed by atoms with Gasteiger partial charge in [-0.15, -0.1) is 0 Å². The number of hydrogen-bond donors (Lipinski definition) is 0. The van der Waals surface area contributed by atoms with Crippen LogP contribution in [0.2, 0.25) is 5.02 Å². The van der Waals surface area contributed by atoms with Crippen LogP contribution >= 0.6 is 11.6 Å². The van der Waals surface area contributed by atoms with Crippen LogP contribution in [-0.2, 0) is 11.3 Å². The highest BCUT2D eigenvalue weighted by atomic mass is 35.5. The minimum atomic E-state index is -0.00915. The van der Waals surface area contributed by atoms with Gasteiger partial charge in [-0.2, -0.15) is 5.26 Å². The lowest BCUT2D eigenvalue weighted by Crippen LogP contribution is -2.30. The smallest absolute Gasteiger partial charge is 0.227 e. The van der Waals surface area contributed by atoms with Crippen molar-refractivity contribution in [2.45, 2.75) is 26.3 Å². The average Bonchev–Trinajstić information content (AvgIpc) is 2.53. The predicted molar refractivity (Wildman–Crippen MR) is 88.7 cm³/mol. The number of hydrogen-bond acceptors (Lipinski definition) is 2. The fourth-order valence-electron chi connectivity index (χ4n) is 2.25. The van der Waals surface area contributed by atoms with Gasteiger partial charge in [0.1, 0.15) is 6.07 Å². The molecule has 0 aromatic heterocycles. The molecule has 2 rings (SSSR count). The molecule has 0 saturated carbocycles. The van der Waals surface area contributed by atoms with E-state index in [-0.39, 0.29) is 5.91 Å². The quantitative estimate of drug-likeness (QED) is 0.813. The average molecular weight is 313 g/mol.